The first-order chi connectivity index (χ1) is 14.0. The van der Waals surface area contributed by atoms with Gasteiger partial charge < -0.3 is 20.3 Å². The standard InChI is InChI=1S/C22H29ClN4O2/c1-26(2)20-9-5-18(6-10-20)21(27-11-13-29-14-12-27)16-25-22(28)24-15-17-3-7-19(23)8-4-17/h3-10,21H,11-16H2,1-2H3,(H2,24,25,28). The van der Waals surface area contributed by atoms with E-state index < -0.39 is 0 Å². The van der Waals surface area contributed by atoms with Crippen LogP contribution in [0.25, 0.3) is 0 Å². The van der Waals surface area contributed by atoms with Crippen molar-refractivity contribution in [2.75, 3.05) is 51.8 Å². The van der Waals surface area contributed by atoms with E-state index in [9.17, 15) is 4.79 Å². The number of hydrogen-bond acceptors (Lipinski definition) is 4. The molecule has 1 fully saturated rings. The van der Waals surface area contributed by atoms with Crippen molar-refractivity contribution in [3.63, 3.8) is 0 Å². The molecule has 1 heterocycles. The maximum absolute atomic E-state index is 12.3. The minimum Gasteiger partial charge on any atom is -0.379 e. The van der Waals surface area contributed by atoms with Gasteiger partial charge >= 0.3 is 6.03 Å². The van der Waals surface area contributed by atoms with Crippen molar-refractivity contribution in [1.29, 1.82) is 0 Å². The van der Waals surface area contributed by atoms with Crippen LogP contribution in [0.15, 0.2) is 48.5 Å². The summed E-state index contributed by atoms with van der Waals surface area (Å²) in [5.74, 6) is 0. The van der Waals surface area contributed by atoms with E-state index in [2.05, 4.69) is 44.7 Å². The van der Waals surface area contributed by atoms with Gasteiger partial charge in [0.2, 0.25) is 0 Å². The van der Waals surface area contributed by atoms with Crippen LogP contribution >= 0.6 is 11.6 Å². The fourth-order valence-electron chi connectivity index (χ4n) is 3.38. The number of urea groups is 1. The summed E-state index contributed by atoms with van der Waals surface area (Å²) in [6.45, 7) is 4.14. The van der Waals surface area contributed by atoms with Crippen LogP contribution in [0, 0.1) is 0 Å². The number of carbonyl (C=O) groups is 1. The molecule has 0 aliphatic carbocycles. The van der Waals surface area contributed by atoms with Gasteiger partial charge in [-0.25, -0.2) is 4.79 Å². The van der Waals surface area contributed by atoms with Gasteiger partial charge in [0.15, 0.2) is 0 Å². The maximum atomic E-state index is 12.3. The molecule has 7 heteroatoms. The molecule has 6 nitrogen and oxygen atoms in total. The first kappa shape index (κ1) is 21.4. The monoisotopic (exact) mass is 416 g/mol. The molecule has 2 aromatic rings. The smallest absolute Gasteiger partial charge is 0.315 e. The number of nitrogens with one attached hydrogen (secondary N) is 2. The Bertz CT molecular complexity index is 774. The van der Waals surface area contributed by atoms with Crippen LogP contribution in [0.1, 0.15) is 17.2 Å². The molecule has 29 heavy (non-hydrogen) atoms. The summed E-state index contributed by atoms with van der Waals surface area (Å²) in [7, 11) is 4.06. The third-order valence-electron chi connectivity index (χ3n) is 5.10. The van der Waals surface area contributed by atoms with Crippen LogP contribution in [-0.2, 0) is 11.3 Å². The lowest BCUT2D eigenvalue weighted by Gasteiger charge is -2.35. The van der Waals surface area contributed by atoms with Crippen LogP contribution in [0.2, 0.25) is 5.02 Å². The lowest BCUT2D eigenvalue weighted by molar-refractivity contribution is 0.0167. The Morgan fingerprint density at radius 1 is 1.07 bits per heavy atom. The summed E-state index contributed by atoms with van der Waals surface area (Å²) in [6, 6.07) is 15.9. The molecule has 3 rings (SSSR count). The number of benzene rings is 2. The van der Waals surface area contributed by atoms with Crippen LogP contribution in [-0.4, -0.2) is 57.9 Å². The van der Waals surface area contributed by atoms with Crippen LogP contribution in [0.4, 0.5) is 10.5 Å². The highest BCUT2D eigenvalue weighted by Gasteiger charge is 2.23. The molecule has 0 radical (unpaired) electrons. The molecule has 1 unspecified atom stereocenters. The summed E-state index contributed by atoms with van der Waals surface area (Å²) < 4.78 is 5.50. The molecule has 1 aliphatic rings. The molecule has 2 aromatic carbocycles. The minimum absolute atomic E-state index is 0.108. The van der Waals surface area contributed by atoms with Gasteiger partial charge in [0, 0.05) is 51.0 Å². The average Bonchev–Trinajstić information content (AvgIpc) is 2.74. The van der Waals surface area contributed by atoms with E-state index >= 15 is 0 Å². The van der Waals surface area contributed by atoms with E-state index in [4.69, 9.17) is 16.3 Å². The zero-order valence-corrected chi connectivity index (χ0v) is 17.8. The van der Waals surface area contributed by atoms with E-state index in [0.717, 1.165) is 37.6 Å². The van der Waals surface area contributed by atoms with Crippen molar-refractivity contribution in [3.05, 3.63) is 64.7 Å². The Kier molecular flexibility index (Phi) is 7.75. The van der Waals surface area contributed by atoms with E-state index in [0.29, 0.717) is 18.1 Å². The molecule has 0 bridgehead atoms. The molecular formula is C22H29ClN4O2. The van der Waals surface area contributed by atoms with Gasteiger partial charge in [0.1, 0.15) is 0 Å². The number of carbonyl (C=O) groups excluding carboxylic acids is 1. The number of ether oxygens (including phenoxy) is 1. The van der Waals surface area contributed by atoms with Gasteiger partial charge in [-0.3, -0.25) is 4.90 Å². The third-order valence-corrected chi connectivity index (χ3v) is 5.35. The first-order valence-corrected chi connectivity index (χ1v) is 10.3. The number of halogens is 1. The second-order valence-electron chi connectivity index (χ2n) is 7.34. The Balaban J connectivity index is 1.60. The maximum Gasteiger partial charge on any atom is 0.315 e. The lowest BCUT2D eigenvalue weighted by Crippen LogP contribution is -2.45. The van der Waals surface area contributed by atoms with Gasteiger partial charge in [-0.2, -0.15) is 0 Å². The topological polar surface area (TPSA) is 56.8 Å². The summed E-state index contributed by atoms with van der Waals surface area (Å²) in [5.41, 5.74) is 3.35. The number of morpholine rings is 1. The fourth-order valence-corrected chi connectivity index (χ4v) is 3.50. The third kappa shape index (κ3) is 6.35. The van der Waals surface area contributed by atoms with Crippen LogP contribution in [0.3, 0.4) is 0 Å². The van der Waals surface area contributed by atoms with Gasteiger partial charge in [0.05, 0.1) is 19.3 Å². The highest BCUT2D eigenvalue weighted by Crippen LogP contribution is 2.23. The summed E-state index contributed by atoms with van der Waals surface area (Å²) in [5, 5.41) is 6.62. The highest BCUT2D eigenvalue weighted by atomic mass is 35.5. The fraction of sp³-hybridized carbons (Fsp3) is 0.409. The molecular weight excluding hydrogens is 388 g/mol. The first-order valence-electron chi connectivity index (χ1n) is 9.88. The van der Waals surface area contributed by atoms with Gasteiger partial charge in [-0.15, -0.1) is 0 Å². The molecule has 1 saturated heterocycles. The van der Waals surface area contributed by atoms with E-state index in [1.54, 1.807) is 0 Å². The second-order valence-corrected chi connectivity index (χ2v) is 7.78. The molecule has 1 aliphatic heterocycles. The summed E-state index contributed by atoms with van der Waals surface area (Å²) in [6.07, 6.45) is 0. The average molecular weight is 417 g/mol. The predicted molar refractivity (Wildman–Crippen MR) is 118 cm³/mol. The van der Waals surface area contributed by atoms with Gasteiger partial charge in [0.25, 0.3) is 0 Å². The van der Waals surface area contributed by atoms with Crippen LogP contribution in [0.5, 0.6) is 0 Å². The van der Waals surface area contributed by atoms with Crippen molar-refractivity contribution in [1.82, 2.24) is 15.5 Å². The summed E-state index contributed by atoms with van der Waals surface area (Å²) >= 11 is 5.90. The zero-order chi connectivity index (χ0) is 20.6. The van der Waals surface area contributed by atoms with E-state index in [1.807, 2.05) is 38.4 Å². The Morgan fingerprint density at radius 3 is 2.34 bits per heavy atom. The SMILES string of the molecule is CN(C)c1ccc(C(CNC(=O)NCc2ccc(Cl)cc2)N2CCOCC2)cc1. The quantitative estimate of drug-likeness (QED) is 0.727. The number of hydrogen-bond donors (Lipinski definition) is 2. The minimum atomic E-state index is -0.178. The summed E-state index contributed by atoms with van der Waals surface area (Å²) in [4.78, 5) is 16.8. The normalized spacial score (nSPS) is 15.6. The Labute approximate surface area is 177 Å². The molecule has 0 spiro atoms. The number of anilines is 1. The second kappa shape index (κ2) is 10.5. The molecule has 1 atom stereocenters. The van der Waals surface area contributed by atoms with Gasteiger partial charge in [-0.05, 0) is 35.4 Å². The van der Waals surface area contributed by atoms with Crippen molar-refractivity contribution in [2.45, 2.75) is 12.6 Å². The number of rotatable bonds is 7. The zero-order valence-electron chi connectivity index (χ0n) is 17.0. The van der Waals surface area contributed by atoms with Crippen molar-refractivity contribution in [2.24, 2.45) is 0 Å². The molecule has 156 valence electrons. The van der Waals surface area contributed by atoms with Crippen molar-refractivity contribution in [3.8, 4) is 0 Å². The lowest BCUT2D eigenvalue weighted by atomic mass is 10.0. The Morgan fingerprint density at radius 2 is 1.72 bits per heavy atom. The molecule has 0 aromatic heterocycles. The van der Waals surface area contributed by atoms with E-state index in [1.165, 1.54) is 5.56 Å². The Hall–Kier alpha value is -2.28. The molecule has 0 saturated carbocycles. The van der Waals surface area contributed by atoms with Crippen LogP contribution < -0.4 is 15.5 Å². The largest absolute Gasteiger partial charge is 0.379 e. The molecule has 2 N–H and O–H groups in total. The highest BCUT2D eigenvalue weighted by molar-refractivity contribution is 6.30. The van der Waals surface area contributed by atoms with E-state index in [-0.39, 0.29) is 12.1 Å². The molecule has 2 amide bonds. The number of nitrogens with zero attached hydrogens (tertiary/aromatic N) is 2. The number of amides is 2. The van der Waals surface area contributed by atoms with Gasteiger partial charge in [-0.1, -0.05) is 35.9 Å². The van der Waals surface area contributed by atoms with Crippen molar-refractivity contribution < 1.29 is 9.53 Å². The van der Waals surface area contributed by atoms with Crippen molar-refractivity contribution >= 4 is 23.3 Å². The predicted octanol–water partition coefficient (Wildman–Crippen LogP) is 3.28.